The number of carbonyl (C=O) groups is 1. The second-order valence-electron chi connectivity index (χ2n) is 4.33. The second kappa shape index (κ2) is 7.62. The zero-order valence-electron chi connectivity index (χ0n) is 11.0. The number of amides is 1. The Morgan fingerprint density at radius 2 is 1.85 bits per heavy atom. The zero-order chi connectivity index (χ0) is 14.2. The molecule has 5 heteroatoms. The van der Waals surface area contributed by atoms with E-state index in [1.807, 2.05) is 36.4 Å². The zero-order valence-corrected chi connectivity index (χ0v) is 11.7. The molecule has 0 spiro atoms. The van der Waals surface area contributed by atoms with E-state index in [9.17, 15) is 4.79 Å². The van der Waals surface area contributed by atoms with Crippen molar-refractivity contribution in [1.82, 2.24) is 15.6 Å². The molecule has 2 rings (SSSR count). The minimum absolute atomic E-state index is 0.0473. The molecule has 0 radical (unpaired) electrons. The minimum atomic E-state index is -0.0473. The van der Waals surface area contributed by atoms with Crippen molar-refractivity contribution in [3.05, 3.63) is 64.9 Å². The summed E-state index contributed by atoms with van der Waals surface area (Å²) >= 11 is 6.03. The van der Waals surface area contributed by atoms with Crippen LogP contribution in [0.5, 0.6) is 0 Å². The van der Waals surface area contributed by atoms with Gasteiger partial charge in [0.05, 0.1) is 6.54 Å². The van der Waals surface area contributed by atoms with E-state index in [2.05, 4.69) is 15.6 Å². The highest BCUT2D eigenvalue weighted by atomic mass is 35.5. The smallest absolute Gasteiger partial charge is 0.234 e. The molecular weight excluding hydrogens is 274 g/mol. The molecule has 4 nitrogen and oxygen atoms in total. The number of rotatable bonds is 6. The van der Waals surface area contributed by atoms with Crippen LogP contribution in [0, 0.1) is 0 Å². The summed E-state index contributed by atoms with van der Waals surface area (Å²) < 4.78 is 0. The number of benzene rings is 1. The Morgan fingerprint density at radius 3 is 2.60 bits per heavy atom. The molecule has 2 N–H and O–H groups in total. The van der Waals surface area contributed by atoms with Crippen molar-refractivity contribution in [3.8, 4) is 0 Å². The highest BCUT2D eigenvalue weighted by Gasteiger charge is 2.02. The van der Waals surface area contributed by atoms with Crippen LogP contribution in [0.1, 0.15) is 11.1 Å². The highest BCUT2D eigenvalue weighted by Crippen LogP contribution is 2.13. The van der Waals surface area contributed by atoms with Gasteiger partial charge in [0.2, 0.25) is 5.91 Å². The van der Waals surface area contributed by atoms with E-state index in [0.29, 0.717) is 18.1 Å². The van der Waals surface area contributed by atoms with E-state index in [1.54, 1.807) is 12.4 Å². The average Bonchev–Trinajstić information content (AvgIpc) is 2.48. The number of carbonyl (C=O) groups excluding carboxylic acids is 1. The van der Waals surface area contributed by atoms with E-state index in [1.165, 1.54) is 0 Å². The predicted octanol–water partition coefficient (Wildman–Crippen LogP) is 2.14. The normalized spacial score (nSPS) is 10.2. The van der Waals surface area contributed by atoms with Crippen molar-refractivity contribution in [2.45, 2.75) is 13.1 Å². The molecule has 0 aliphatic carbocycles. The summed E-state index contributed by atoms with van der Waals surface area (Å²) in [6.07, 6.45) is 3.41. The molecule has 1 amide bonds. The number of nitrogens with one attached hydrogen (secondary N) is 2. The van der Waals surface area contributed by atoms with Crippen LogP contribution in [0.25, 0.3) is 0 Å². The molecule has 0 bridgehead atoms. The van der Waals surface area contributed by atoms with Gasteiger partial charge in [-0.25, -0.2) is 0 Å². The van der Waals surface area contributed by atoms with Crippen molar-refractivity contribution in [2.75, 3.05) is 6.54 Å². The fourth-order valence-corrected chi connectivity index (χ4v) is 1.92. The quantitative estimate of drug-likeness (QED) is 0.857. The van der Waals surface area contributed by atoms with Gasteiger partial charge in [-0.1, -0.05) is 29.8 Å². The fraction of sp³-hybridized carbons (Fsp3) is 0.200. The molecule has 0 unspecified atom stereocenters. The Bertz CT molecular complexity index is 560. The maximum absolute atomic E-state index is 11.7. The van der Waals surface area contributed by atoms with Crippen molar-refractivity contribution in [3.63, 3.8) is 0 Å². The van der Waals surface area contributed by atoms with Gasteiger partial charge in [0.1, 0.15) is 0 Å². The molecule has 1 aromatic carbocycles. The van der Waals surface area contributed by atoms with Crippen LogP contribution in [0.3, 0.4) is 0 Å². The van der Waals surface area contributed by atoms with Crippen molar-refractivity contribution < 1.29 is 4.79 Å². The lowest BCUT2D eigenvalue weighted by Crippen LogP contribution is -2.33. The van der Waals surface area contributed by atoms with E-state index in [4.69, 9.17) is 11.6 Å². The molecule has 104 valence electrons. The Hall–Kier alpha value is -1.91. The third kappa shape index (κ3) is 4.64. The van der Waals surface area contributed by atoms with Crippen LogP contribution in [0.2, 0.25) is 5.02 Å². The molecule has 0 aliphatic heterocycles. The predicted molar refractivity (Wildman–Crippen MR) is 79.2 cm³/mol. The highest BCUT2D eigenvalue weighted by molar-refractivity contribution is 6.31. The van der Waals surface area contributed by atoms with Crippen LogP contribution < -0.4 is 10.6 Å². The van der Waals surface area contributed by atoms with Crippen LogP contribution in [0.15, 0.2) is 48.8 Å². The van der Waals surface area contributed by atoms with Gasteiger partial charge in [-0.15, -0.1) is 0 Å². The lowest BCUT2D eigenvalue weighted by molar-refractivity contribution is -0.120. The molecule has 0 atom stereocenters. The Balaban J connectivity index is 1.69. The number of halogens is 1. The maximum atomic E-state index is 11.7. The minimum Gasteiger partial charge on any atom is -0.351 e. The molecule has 1 aromatic heterocycles. The van der Waals surface area contributed by atoms with Gasteiger partial charge in [-0.2, -0.15) is 0 Å². The molecular formula is C15H16ClN3O. The molecule has 0 aliphatic rings. The molecule has 1 heterocycles. The summed E-state index contributed by atoms with van der Waals surface area (Å²) in [5, 5.41) is 6.61. The summed E-state index contributed by atoms with van der Waals surface area (Å²) in [6.45, 7) is 1.34. The number of hydrogen-bond acceptors (Lipinski definition) is 3. The van der Waals surface area contributed by atoms with Crippen LogP contribution in [0.4, 0.5) is 0 Å². The number of pyridine rings is 1. The SMILES string of the molecule is O=C(CNCc1ccccc1Cl)NCc1ccncc1. The lowest BCUT2D eigenvalue weighted by Gasteiger charge is -2.07. The standard InChI is InChI=1S/C15H16ClN3O/c16-14-4-2-1-3-13(14)10-18-11-15(20)19-9-12-5-7-17-8-6-12/h1-8,18H,9-11H2,(H,19,20). The van der Waals surface area contributed by atoms with Gasteiger partial charge in [0, 0.05) is 30.5 Å². The topological polar surface area (TPSA) is 54.0 Å². The lowest BCUT2D eigenvalue weighted by atomic mass is 10.2. The first kappa shape index (κ1) is 14.5. The maximum Gasteiger partial charge on any atom is 0.234 e. The van der Waals surface area contributed by atoms with E-state index in [0.717, 1.165) is 11.1 Å². The number of aromatic nitrogens is 1. The van der Waals surface area contributed by atoms with E-state index in [-0.39, 0.29) is 12.5 Å². The van der Waals surface area contributed by atoms with Crippen molar-refractivity contribution >= 4 is 17.5 Å². The van der Waals surface area contributed by atoms with Gasteiger partial charge in [0.15, 0.2) is 0 Å². The first-order valence-electron chi connectivity index (χ1n) is 6.35. The fourth-order valence-electron chi connectivity index (χ4n) is 1.72. The first-order valence-corrected chi connectivity index (χ1v) is 6.73. The Labute approximate surface area is 123 Å². The van der Waals surface area contributed by atoms with Gasteiger partial charge >= 0.3 is 0 Å². The van der Waals surface area contributed by atoms with Gasteiger partial charge in [-0.3, -0.25) is 9.78 Å². The second-order valence-corrected chi connectivity index (χ2v) is 4.73. The molecule has 0 fully saturated rings. The molecule has 0 saturated heterocycles. The van der Waals surface area contributed by atoms with Crippen LogP contribution in [-0.4, -0.2) is 17.4 Å². The molecule has 2 aromatic rings. The Kier molecular flexibility index (Phi) is 5.53. The first-order chi connectivity index (χ1) is 9.75. The van der Waals surface area contributed by atoms with E-state index < -0.39 is 0 Å². The number of hydrogen-bond donors (Lipinski definition) is 2. The van der Waals surface area contributed by atoms with E-state index >= 15 is 0 Å². The molecule has 0 saturated carbocycles. The summed E-state index contributed by atoms with van der Waals surface area (Å²) in [5.41, 5.74) is 2.01. The monoisotopic (exact) mass is 289 g/mol. The summed E-state index contributed by atoms with van der Waals surface area (Å²) in [4.78, 5) is 15.6. The van der Waals surface area contributed by atoms with Gasteiger partial charge in [0.25, 0.3) is 0 Å². The summed E-state index contributed by atoms with van der Waals surface area (Å²) in [7, 11) is 0. The van der Waals surface area contributed by atoms with Crippen LogP contribution in [-0.2, 0) is 17.9 Å². The van der Waals surface area contributed by atoms with Gasteiger partial charge < -0.3 is 10.6 Å². The Morgan fingerprint density at radius 1 is 1.10 bits per heavy atom. The van der Waals surface area contributed by atoms with Crippen molar-refractivity contribution in [2.24, 2.45) is 0 Å². The molecule has 20 heavy (non-hydrogen) atoms. The third-order valence-corrected chi connectivity index (χ3v) is 3.17. The number of nitrogens with zero attached hydrogens (tertiary/aromatic N) is 1. The van der Waals surface area contributed by atoms with Crippen molar-refractivity contribution in [1.29, 1.82) is 0 Å². The average molecular weight is 290 g/mol. The van der Waals surface area contributed by atoms with Crippen LogP contribution >= 0.6 is 11.6 Å². The largest absolute Gasteiger partial charge is 0.351 e. The third-order valence-electron chi connectivity index (χ3n) is 2.80. The van der Waals surface area contributed by atoms with Gasteiger partial charge in [-0.05, 0) is 29.3 Å². The summed E-state index contributed by atoms with van der Waals surface area (Å²) in [6, 6.07) is 11.3. The summed E-state index contributed by atoms with van der Waals surface area (Å²) in [5.74, 6) is -0.0473.